The molecular formula is C24H30ClN3O3. The molecule has 0 bridgehead atoms. The van der Waals surface area contributed by atoms with E-state index in [4.69, 9.17) is 4.42 Å². The molecule has 1 saturated heterocycles. The molecule has 0 amide bonds. The van der Waals surface area contributed by atoms with Crippen LogP contribution in [-0.4, -0.2) is 48.0 Å². The molecule has 0 saturated carbocycles. The summed E-state index contributed by atoms with van der Waals surface area (Å²) >= 11 is 0. The number of piperazine rings is 1. The molecule has 2 heterocycles. The lowest BCUT2D eigenvalue weighted by Gasteiger charge is -2.36. The van der Waals surface area contributed by atoms with Crippen LogP contribution in [-0.2, 0) is 6.54 Å². The summed E-state index contributed by atoms with van der Waals surface area (Å²) in [4.78, 5) is 28.7. The van der Waals surface area contributed by atoms with E-state index in [9.17, 15) is 9.59 Å². The number of anilines is 1. The molecule has 0 radical (unpaired) electrons. The van der Waals surface area contributed by atoms with Crippen molar-refractivity contribution in [1.29, 1.82) is 0 Å². The molecule has 0 unspecified atom stereocenters. The van der Waals surface area contributed by atoms with Crippen molar-refractivity contribution >= 4 is 35.0 Å². The zero-order chi connectivity index (χ0) is 21.1. The Morgan fingerprint density at radius 2 is 1.65 bits per heavy atom. The smallest absolute Gasteiger partial charge is 0.408 e. The molecule has 31 heavy (non-hydrogen) atoms. The maximum absolute atomic E-state index is 12.2. The van der Waals surface area contributed by atoms with Crippen molar-refractivity contribution in [1.82, 2.24) is 9.47 Å². The molecule has 7 heteroatoms. The SMILES string of the molecule is CC(=O)c1ccc2c(c1)oc(=O)n2CCCCN1CCN(c2ccc(C)cc2)CC1.Cl. The minimum Gasteiger partial charge on any atom is -0.408 e. The summed E-state index contributed by atoms with van der Waals surface area (Å²) in [6.07, 6.45) is 1.95. The number of carbonyl (C=O) groups is 1. The summed E-state index contributed by atoms with van der Waals surface area (Å²) in [6.45, 7) is 9.53. The number of ketones is 1. The number of halogens is 1. The van der Waals surface area contributed by atoms with Gasteiger partial charge < -0.3 is 9.32 Å². The summed E-state index contributed by atoms with van der Waals surface area (Å²) in [5.41, 5.74) is 4.41. The number of aryl methyl sites for hydroxylation is 2. The number of hydrogen-bond acceptors (Lipinski definition) is 5. The number of nitrogens with zero attached hydrogens (tertiary/aromatic N) is 3. The van der Waals surface area contributed by atoms with Crippen LogP contribution in [0.5, 0.6) is 0 Å². The molecule has 1 fully saturated rings. The topological polar surface area (TPSA) is 58.7 Å². The predicted octanol–water partition coefficient (Wildman–Crippen LogP) is 4.13. The third-order valence-electron chi connectivity index (χ3n) is 5.95. The lowest BCUT2D eigenvalue weighted by molar-refractivity contribution is 0.101. The fraction of sp³-hybridized carbons (Fsp3) is 0.417. The van der Waals surface area contributed by atoms with Crippen molar-refractivity contribution in [2.24, 2.45) is 0 Å². The largest absolute Gasteiger partial charge is 0.419 e. The normalized spacial score (nSPS) is 14.6. The average Bonchev–Trinajstić information content (AvgIpc) is 3.06. The van der Waals surface area contributed by atoms with Crippen molar-refractivity contribution < 1.29 is 9.21 Å². The Morgan fingerprint density at radius 3 is 2.32 bits per heavy atom. The summed E-state index contributed by atoms with van der Waals surface area (Å²) in [5.74, 6) is -0.382. The van der Waals surface area contributed by atoms with Gasteiger partial charge in [-0.25, -0.2) is 4.79 Å². The Bertz CT molecular complexity index is 1080. The summed E-state index contributed by atoms with van der Waals surface area (Å²) in [6, 6.07) is 14.0. The summed E-state index contributed by atoms with van der Waals surface area (Å²) < 4.78 is 7.01. The molecule has 4 rings (SSSR count). The van der Waals surface area contributed by atoms with Crippen molar-refractivity contribution in [3.63, 3.8) is 0 Å². The Morgan fingerprint density at radius 1 is 0.968 bits per heavy atom. The first-order valence-corrected chi connectivity index (χ1v) is 10.7. The predicted molar refractivity (Wildman–Crippen MR) is 127 cm³/mol. The Balaban J connectivity index is 0.00000272. The van der Waals surface area contributed by atoms with E-state index in [2.05, 4.69) is 41.0 Å². The summed E-state index contributed by atoms with van der Waals surface area (Å²) in [7, 11) is 0. The van der Waals surface area contributed by atoms with E-state index in [0.717, 1.165) is 51.1 Å². The minimum absolute atomic E-state index is 0. The van der Waals surface area contributed by atoms with Gasteiger partial charge in [-0.1, -0.05) is 17.7 Å². The molecule has 6 nitrogen and oxygen atoms in total. The fourth-order valence-corrected chi connectivity index (χ4v) is 4.09. The van der Waals surface area contributed by atoms with Crippen LogP contribution < -0.4 is 10.7 Å². The zero-order valence-corrected chi connectivity index (χ0v) is 19.0. The third kappa shape index (κ3) is 5.38. The summed E-state index contributed by atoms with van der Waals surface area (Å²) in [5, 5.41) is 0. The van der Waals surface area contributed by atoms with Crippen LogP contribution >= 0.6 is 12.4 Å². The van der Waals surface area contributed by atoms with Gasteiger partial charge in [0.15, 0.2) is 11.4 Å². The number of Topliss-reactive ketones (excluding diaryl/α,β-unsaturated/α-hetero) is 1. The molecule has 0 atom stereocenters. The van der Waals surface area contributed by atoms with Crippen molar-refractivity contribution in [3.8, 4) is 0 Å². The number of unbranched alkanes of at least 4 members (excludes halogenated alkanes) is 1. The van der Waals surface area contributed by atoms with Gasteiger partial charge in [0, 0.05) is 44.0 Å². The van der Waals surface area contributed by atoms with Crippen molar-refractivity contribution in [2.75, 3.05) is 37.6 Å². The highest BCUT2D eigenvalue weighted by atomic mass is 35.5. The van der Waals surface area contributed by atoms with Crippen LogP contribution in [0.1, 0.15) is 35.7 Å². The van der Waals surface area contributed by atoms with E-state index in [-0.39, 0.29) is 23.9 Å². The molecule has 1 aliphatic rings. The lowest BCUT2D eigenvalue weighted by atomic mass is 10.1. The van der Waals surface area contributed by atoms with Crippen molar-refractivity contribution in [3.05, 3.63) is 64.1 Å². The highest BCUT2D eigenvalue weighted by Gasteiger charge is 2.17. The van der Waals surface area contributed by atoms with Gasteiger partial charge in [0.05, 0.1) is 5.52 Å². The zero-order valence-electron chi connectivity index (χ0n) is 18.2. The number of aromatic nitrogens is 1. The van der Waals surface area contributed by atoms with Gasteiger partial charge in [-0.2, -0.15) is 0 Å². The van der Waals surface area contributed by atoms with Gasteiger partial charge in [0.2, 0.25) is 0 Å². The van der Waals surface area contributed by atoms with Crippen LogP contribution in [0.15, 0.2) is 51.7 Å². The second kappa shape index (κ2) is 10.2. The number of oxazole rings is 1. The second-order valence-corrected chi connectivity index (χ2v) is 8.13. The minimum atomic E-state index is -0.350. The molecule has 3 aromatic rings. The van der Waals surface area contributed by atoms with Crippen LogP contribution in [0.25, 0.3) is 11.1 Å². The van der Waals surface area contributed by atoms with Gasteiger partial charge in [-0.05, 0) is 63.6 Å². The van der Waals surface area contributed by atoms with Gasteiger partial charge in [0.25, 0.3) is 0 Å². The van der Waals surface area contributed by atoms with E-state index >= 15 is 0 Å². The average molecular weight is 444 g/mol. The molecule has 2 aromatic carbocycles. The lowest BCUT2D eigenvalue weighted by Crippen LogP contribution is -2.46. The fourth-order valence-electron chi connectivity index (χ4n) is 4.09. The Labute approximate surface area is 188 Å². The molecule has 0 N–H and O–H groups in total. The quantitative estimate of drug-likeness (QED) is 0.406. The third-order valence-corrected chi connectivity index (χ3v) is 5.95. The van der Waals surface area contributed by atoms with Crippen LogP contribution in [0.3, 0.4) is 0 Å². The van der Waals surface area contributed by atoms with E-state index in [0.29, 0.717) is 17.7 Å². The number of hydrogen-bond donors (Lipinski definition) is 0. The standard InChI is InChI=1S/C24H29N3O3.ClH/c1-18-5-8-21(9-6-18)26-15-13-25(14-16-26)11-3-4-12-27-22-10-7-20(19(2)28)17-23(22)30-24(27)29;/h5-10,17H,3-4,11-16H2,1-2H3;1H. The van der Waals surface area contributed by atoms with Crippen LogP contribution in [0.4, 0.5) is 5.69 Å². The molecule has 1 aliphatic heterocycles. The van der Waals surface area contributed by atoms with E-state index in [1.54, 1.807) is 22.8 Å². The van der Waals surface area contributed by atoms with Gasteiger partial charge in [-0.15, -0.1) is 12.4 Å². The highest BCUT2D eigenvalue weighted by molar-refractivity contribution is 5.96. The second-order valence-electron chi connectivity index (χ2n) is 8.13. The first-order valence-electron chi connectivity index (χ1n) is 10.7. The number of benzene rings is 2. The van der Waals surface area contributed by atoms with Gasteiger partial charge in [0.1, 0.15) is 0 Å². The van der Waals surface area contributed by atoms with E-state index < -0.39 is 0 Å². The first-order chi connectivity index (χ1) is 14.5. The molecular weight excluding hydrogens is 414 g/mol. The molecule has 0 spiro atoms. The molecule has 166 valence electrons. The first kappa shape index (κ1) is 23.1. The van der Waals surface area contributed by atoms with Gasteiger partial charge in [-0.3, -0.25) is 14.3 Å². The van der Waals surface area contributed by atoms with E-state index in [1.165, 1.54) is 18.2 Å². The maximum atomic E-state index is 12.2. The Hall–Kier alpha value is -2.57. The van der Waals surface area contributed by atoms with E-state index in [1.807, 2.05) is 0 Å². The monoisotopic (exact) mass is 443 g/mol. The molecule has 1 aromatic heterocycles. The number of carbonyl (C=O) groups excluding carboxylic acids is 1. The number of rotatable bonds is 7. The van der Waals surface area contributed by atoms with Gasteiger partial charge >= 0.3 is 5.76 Å². The molecule has 0 aliphatic carbocycles. The maximum Gasteiger partial charge on any atom is 0.419 e. The van der Waals surface area contributed by atoms with Crippen molar-refractivity contribution in [2.45, 2.75) is 33.2 Å². The highest BCUT2D eigenvalue weighted by Crippen LogP contribution is 2.18. The van der Waals surface area contributed by atoms with Crippen LogP contribution in [0, 0.1) is 6.92 Å². The number of fused-ring (bicyclic) bond motifs is 1. The Kier molecular flexibility index (Phi) is 7.57. The van der Waals surface area contributed by atoms with Crippen LogP contribution in [0.2, 0.25) is 0 Å².